The van der Waals surface area contributed by atoms with Crippen molar-refractivity contribution in [3.63, 3.8) is 0 Å². The Hall–Kier alpha value is -2.76. The largest absolute Gasteiger partial charge is 0.481 e. The van der Waals surface area contributed by atoms with Gasteiger partial charge in [-0.05, 0) is 42.0 Å². The molecule has 1 saturated carbocycles. The predicted octanol–water partition coefficient (Wildman–Crippen LogP) is 3.71. The van der Waals surface area contributed by atoms with Crippen LogP contribution in [-0.2, 0) is 9.59 Å². The fraction of sp³-hybridized carbons (Fsp3) is 0.300. The van der Waals surface area contributed by atoms with E-state index in [1.165, 1.54) is 12.1 Å². The molecule has 136 valence electrons. The van der Waals surface area contributed by atoms with Crippen molar-refractivity contribution in [2.24, 2.45) is 5.92 Å². The number of hydrogen-bond acceptors (Lipinski definition) is 2. The summed E-state index contributed by atoms with van der Waals surface area (Å²) in [5.74, 6) is -3.39. The predicted molar refractivity (Wildman–Crippen MR) is 91.5 cm³/mol. The maximum atomic E-state index is 13.9. The van der Waals surface area contributed by atoms with E-state index in [0.29, 0.717) is 12.0 Å². The Labute approximate surface area is 149 Å². The van der Waals surface area contributed by atoms with Gasteiger partial charge in [0.2, 0.25) is 5.91 Å². The average Bonchev–Trinajstić information content (AvgIpc) is 3.34. The van der Waals surface area contributed by atoms with Gasteiger partial charge in [0.1, 0.15) is 11.6 Å². The number of rotatable bonds is 6. The number of hydrogen-bond donors (Lipinski definition) is 2. The first-order valence-corrected chi connectivity index (χ1v) is 8.39. The second-order valence-corrected chi connectivity index (χ2v) is 6.63. The summed E-state index contributed by atoms with van der Waals surface area (Å²) in [6.45, 7) is 1.85. The van der Waals surface area contributed by atoms with Crippen molar-refractivity contribution >= 4 is 11.9 Å². The molecule has 26 heavy (non-hydrogen) atoms. The fourth-order valence-electron chi connectivity index (χ4n) is 3.30. The molecule has 0 saturated heterocycles. The number of carboxylic acids is 1. The third-order valence-electron chi connectivity index (χ3n) is 4.75. The summed E-state index contributed by atoms with van der Waals surface area (Å²) in [7, 11) is 0. The van der Waals surface area contributed by atoms with E-state index in [1.807, 2.05) is 19.1 Å². The molecule has 0 aliphatic heterocycles. The van der Waals surface area contributed by atoms with E-state index in [9.17, 15) is 18.4 Å². The van der Waals surface area contributed by atoms with Gasteiger partial charge in [-0.25, -0.2) is 8.78 Å². The van der Waals surface area contributed by atoms with Gasteiger partial charge < -0.3 is 10.4 Å². The van der Waals surface area contributed by atoms with E-state index in [-0.39, 0.29) is 18.2 Å². The van der Waals surface area contributed by atoms with Crippen LogP contribution in [0.4, 0.5) is 8.78 Å². The summed E-state index contributed by atoms with van der Waals surface area (Å²) in [6.07, 6.45) is 0.223. The molecule has 2 N–H and O–H groups in total. The monoisotopic (exact) mass is 359 g/mol. The van der Waals surface area contributed by atoms with Gasteiger partial charge in [0.25, 0.3) is 0 Å². The zero-order valence-corrected chi connectivity index (χ0v) is 14.2. The fourth-order valence-corrected chi connectivity index (χ4v) is 3.30. The number of carbonyl (C=O) groups is 2. The Balaban J connectivity index is 1.73. The zero-order valence-electron chi connectivity index (χ0n) is 14.2. The average molecular weight is 359 g/mol. The second kappa shape index (κ2) is 7.23. The van der Waals surface area contributed by atoms with Gasteiger partial charge in [0.05, 0.1) is 12.5 Å². The van der Waals surface area contributed by atoms with Gasteiger partial charge >= 0.3 is 5.97 Å². The second-order valence-electron chi connectivity index (χ2n) is 6.63. The summed E-state index contributed by atoms with van der Waals surface area (Å²) in [5.41, 5.74) is 1.95. The van der Waals surface area contributed by atoms with Crippen molar-refractivity contribution in [2.45, 2.75) is 31.7 Å². The van der Waals surface area contributed by atoms with E-state index >= 15 is 0 Å². The van der Waals surface area contributed by atoms with Crippen LogP contribution in [0.3, 0.4) is 0 Å². The quantitative estimate of drug-likeness (QED) is 0.826. The molecule has 1 amide bonds. The highest BCUT2D eigenvalue weighted by Gasteiger charge is 2.45. The van der Waals surface area contributed by atoms with Gasteiger partial charge in [-0.3, -0.25) is 9.59 Å². The van der Waals surface area contributed by atoms with Gasteiger partial charge in [-0.15, -0.1) is 0 Å². The lowest BCUT2D eigenvalue weighted by molar-refractivity contribution is -0.137. The molecule has 6 heteroatoms. The summed E-state index contributed by atoms with van der Waals surface area (Å²) in [4.78, 5) is 23.7. The van der Waals surface area contributed by atoms with Crippen molar-refractivity contribution in [1.82, 2.24) is 5.32 Å². The van der Waals surface area contributed by atoms with E-state index in [0.717, 1.165) is 17.2 Å². The Morgan fingerprint density at radius 2 is 1.96 bits per heavy atom. The van der Waals surface area contributed by atoms with Crippen molar-refractivity contribution in [3.05, 3.63) is 70.8 Å². The lowest BCUT2D eigenvalue weighted by Gasteiger charge is -2.19. The highest BCUT2D eigenvalue weighted by Crippen LogP contribution is 2.48. The third-order valence-corrected chi connectivity index (χ3v) is 4.75. The molecule has 1 aliphatic carbocycles. The van der Waals surface area contributed by atoms with Crippen LogP contribution >= 0.6 is 0 Å². The molecular formula is C20H19F2NO3. The first kappa shape index (κ1) is 18.0. The summed E-state index contributed by atoms with van der Waals surface area (Å²) in [5, 5.41) is 11.9. The summed E-state index contributed by atoms with van der Waals surface area (Å²) < 4.78 is 26.9. The normalized spacial score (nSPS) is 19.7. The Kier molecular flexibility index (Phi) is 5.02. The van der Waals surface area contributed by atoms with Crippen LogP contribution in [0.1, 0.15) is 41.5 Å². The maximum absolute atomic E-state index is 13.9. The van der Waals surface area contributed by atoms with E-state index in [2.05, 4.69) is 5.32 Å². The van der Waals surface area contributed by atoms with Crippen LogP contribution in [0.2, 0.25) is 0 Å². The topological polar surface area (TPSA) is 66.4 Å². The lowest BCUT2D eigenvalue weighted by atomic mass is 9.98. The number of carbonyl (C=O) groups excluding carboxylic acids is 1. The minimum atomic E-state index is -1.02. The Morgan fingerprint density at radius 3 is 2.62 bits per heavy atom. The number of amides is 1. The Bertz CT molecular complexity index is 853. The first-order valence-electron chi connectivity index (χ1n) is 8.39. The summed E-state index contributed by atoms with van der Waals surface area (Å²) >= 11 is 0. The molecule has 3 rings (SSSR count). The molecule has 0 aromatic heterocycles. The van der Waals surface area contributed by atoms with Crippen molar-refractivity contribution in [1.29, 1.82) is 0 Å². The molecular weight excluding hydrogens is 340 g/mol. The van der Waals surface area contributed by atoms with E-state index in [1.54, 1.807) is 12.1 Å². The molecule has 2 aromatic rings. The van der Waals surface area contributed by atoms with Gasteiger partial charge in [-0.1, -0.05) is 30.3 Å². The zero-order chi connectivity index (χ0) is 18.8. The molecule has 2 aromatic carbocycles. The highest BCUT2D eigenvalue weighted by atomic mass is 19.1. The minimum Gasteiger partial charge on any atom is -0.481 e. The number of carboxylic acid groups (broad SMARTS) is 1. The first-order chi connectivity index (χ1) is 12.4. The lowest BCUT2D eigenvalue weighted by Crippen LogP contribution is -2.32. The van der Waals surface area contributed by atoms with Crippen molar-refractivity contribution in [3.8, 4) is 0 Å². The number of benzene rings is 2. The molecule has 4 nitrogen and oxygen atoms in total. The number of aryl methyl sites for hydroxylation is 1. The van der Waals surface area contributed by atoms with Crippen molar-refractivity contribution < 1.29 is 23.5 Å². The highest BCUT2D eigenvalue weighted by molar-refractivity contribution is 5.84. The van der Waals surface area contributed by atoms with Gasteiger partial charge in [0, 0.05) is 12.0 Å². The Morgan fingerprint density at radius 1 is 1.23 bits per heavy atom. The smallest absolute Gasteiger partial charge is 0.305 e. The van der Waals surface area contributed by atoms with Gasteiger partial charge in [-0.2, -0.15) is 0 Å². The van der Waals surface area contributed by atoms with Crippen LogP contribution in [-0.4, -0.2) is 17.0 Å². The number of halogens is 2. The van der Waals surface area contributed by atoms with Crippen molar-refractivity contribution in [2.75, 3.05) is 0 Å². The molecule has 0 bridgehead atoms. The van der Waals surface area contributed by atoms with E-state index in [4.69, 9.17) is 5.11 Å². The molecule has 0 spiro atoms. The molecule has 3 atom stereocenters. The van der Waals surface area contributed by atoms with Crippen LogP contribution in [0.15, 0.2) is 42.5 Å². The third kappa shape index (κ3) is 3.90. The minimum absolute atomic E-state index is 0.237. The molecule has 0 radical (unpaired) electrons. The standard InChI is InChI=1S/C20H19F2NO3/c1-11-4-2-3-5-13(11)18(10-19(24)25)23-20(26)16-9-15(16)14-7-6-12(21)8-17(14)22/h2-8,15-16,18H,9-10H2,1H3,(H,23,26)(H,24,25). The molecule has 1 aliphatic rings. The van der Waals surface area contributed by atoms with Gasteiger partial charge in [0.15, 0.2) is 0 Å². The van der Waals surface area contributed by atoms with E-state index < -0.39 is 29.6 Å². The molecule has 3 unspecified atom stereocenters. The molecule has 1 fully saturated rings. The summed E-state index contributed by atoms with van der Waals surface area (Å²) in [6, 6.07) is 9.95. The van der Waals surface area contributed by atoms with Crippen LogP contribution in [0.25, 0.3) is 0 Å². The SMILES string of the molecule is Cc1ccccc1C(CC(=O)O)NC(=O)C1CC1c1ccc(F)cc1F. The molecule has 0 heterocycles. The van der Waals surface area contributed by atoms with Crippen LogP contribution in [0, 0.1) is 24.5 Å². The number of nitrogens with one attached hydrogen (secondary N) is 1. The van der Waals surface area contributed by atoms with Crippen LogP contribution < -0.4 is 5.32 Å². The number of aliphatic carboxylic acids is 1. The maximum Gasteiger partial charge on any atom is 0.305 e. The van der Waals surface area contributed by atoms with Crippen LogP contribution in [0.5, 0.6) is 0 Å².